The van der Waals surface area contributed by atoms with E-state index in [0.29, 0.717) is 18.0 Å². The zero-order valence-corrected chi connectivity index (χ0v) is 14.6. The Kier molecular flexibility index (Phi) is 5.07. The molecule has 1 saturated heterocycles. The lowest BCUT2D eigenvalue weighted by atomic mass is 10.0. The quantitative estimate of drug-likeness (QED) is 0.923. The van der Waals surface area contributed by atoms with Gasteiger partial charge in [-0.25, -0.2) is 4.98 Å². The van der Waals surface area contributed by atoms with Crippen LogP contribution in [0.1, 0.15) is 38.8 Å². The second kappa shape index (κ2) is 7.23. The highest BCUT2D eigenvalue weighted by molar-refractivity contribution is 7.12. The van der Waals surface area contributed by atoms with Crippen molar-refractivity contribution in [1.29, 1.82) is 0 Å². The van der Waals surface area contributed by atoms with Gasteiger partial charge in [-0.2, -0.15) is 0 Å². The van der Waals surface area contributed by atoms with E-state index < -0.39 is 0 Å². The Bertz CT molecular complexity index is 681. The fourth-order valence-electron chi connectivity index (χ4n) is 2.75. The molecule has 1 aliphatic rings. The topological polar surface area (TPSA) is 62.3 Å². The molecule has 122 valence electrons. The Morgan fingerprint density at radius 3 is 3.00 bits per heavy atom. The Hall–Kier alpha value is -1.73. The highest BCUT2D eigenvalue weighted by Gasteiger charge is 2.32. The fraction of sp³-hybridized carbons (Fsp3) is 0.438. The number of carbonyl (C=O) groups is 2. The summed E-state index contributed by atoms with van der Waals surface area (Å²) in [6.07, 6.45) is 4.45. The van der Waals surface area contributed by atoms with Crippen molar-refractivity contribution >= 4 is 34.5 Å². The predicted molar refractivity (Wildman–Crippen MR) is 91.7 cm³/mol. The number of aromatic nitrogens is 1. The molecule has 1 N–H and O–H groups in total. The maximum atomic E-state index is 12.6. The third kappa shape index (κ3) is 3.79. The van der Waals surface area contributed by atoms with Gasteiger partial charge in [-0.1, -0.05) is 6.07 Å². The Morgan fingerprint density at radius 1 is 1.43 bits per heavy atom. The van der Waals surface area contributed by atoms with Crippen molar-refractivity contribution in [2.75, 3.05) is 6.54 Å². The monoisotopic (exact) mass is 349 g/mol. The summed E-state index contributed by atoms with van der Waals surface area (Å²) in [7, 11) is 0. The molecule has 1 atom stereocenters. The van der Waals surface area contributed by atoms with Crippen LogP contribution in [0.4, 0.5) is 0 Å². The molecule has 0 aliphatic carbocycles. The van der Waals surface area contributed by atoms with Crippen LogP contribution in [0, 0.1) is 6.92 Å². The molecular weight excluding hydrogens is 330 g/mol. The molecule has 7 heteroatoms. The molecule has 0 spiro atoms. The van der Waals surface area contributed by atoms with Gasteiger partial charge in [-0.3, -0.25) is 9.59 Å². The smallest absolute Gasteiger partial charge is 0.264 e. The maximum Gasteiger partial charge on any atom is 0.264 e. The van der Waals surface area contributed by atoms with Gasteiger partial charge in [0.2, 0.25) is 5.91 Å². The normalized spacial score (nSPS) is 18.0. The lowest BCUT2D eigenvalue weighted by Gasteiger charge is -2.34. The summed E-state index contributed by atoms with van der Waals surface area (Å²) in [5, 5.41) is 5.71. The number of likely N-dealkylation sites (tertiary alicyclic amines) is 1. The summed E-state index contributed by atoms with van der Waals surface area (Å²) in [4.78, 5) is 32.9. The molecule has 2 aromatic rings. The minimum atomic E-state index is -0.376. The third-order valence-electron chi connectivity index (χ3n) is 3.88. The van der Waals surface area contributed by atoms with Crippen LogP contribution >= 0.6 is 22.7 Å². The summed E-state index contributed by atoms with van der Waals surface area (Å²) >= 11 is 3.00. The fourth-order valence-corrected chi connectivity index (χ4v) is 4.16. The second-order valence-corrected chi connectivity index (χ2v) is 7.84. The number of rotatable bonds is 4. The largest absolute Gasteiger partial charge is 0.348 e. The number of thiophene rings is 1. The maximum absolute atomic E-state index is 12.6. The van der Waals surface area contributed by atoms with Crippen molar-refractivity contribution < 1.29 is 9.59 Å². The molecule has 1 aliphatic heterocycles. The van der Waals surface area contributed by atoms with E-state index in [1.54, 1.807) is 22.4 Å². The minimum absolute atomic E-state index is 0.0371. The van der Waals surface area contributed by atoms with Crippen molar-refractivity contribution in [3.05, 3.63) is 38.5 Å². The van der Waals surface area contributed by atoms with Gasteiger partial charge in [-0.15, -0.1) is 22.7 Å². The highest BCUT2D eigenvalue weighted by atomic mass is 32.1. The molecule has 1 fully saturated rings. The first-order valence-corrected chi connectivity index (χ1v) is 9.38. The van der Waals surface area contributed by atoms with E-state index in [9.17, 15) is 9.59 Å². The zero-order chi connectivity index (χ0) is 16.2. The van der Waals surface area contributed by atoms with Gasteiger partial charge in [-0.05, 0) is 37.6 Å². The van der Waals surface area contributed by atoms with Gasteiger partial charge < -0.3 is 10.2 Å². The number of piperidine rings is 1. The number of aryl methyl sites for hydroxylation is 1. The predicted octanol–water partition coefficient (Wildman–Crippen LogP) is 2.82. The molecule has 23 heavy (non-hydrogen) atoms. The molecule has 0 saturated carbocycles. The van der Waals surface area contributed by atoms with E-state index in [2.05, 4.69) is 10.3 Å². The molecule has 5 nitrogen and oxygen atoms in total. The van der Waals surface area contributed by atoms with Crippen LogP contribution in [0.15, 0.2) is 23.7 Å². The Morgan fingerprint density at radius 2 is 2.30 bits per heavy atom. The van der Waals surface area contributed by atoms with Crippen LogP contribution in [0.25, 0.3) is 0 Å². The average Bonchev–Trinajstić information content (AvgIpc) is 3.23. The number of nitrogens with zero attached hydrogens (tertiary/aromatic N) is 2. The molecule has 3 heterocycles. The molecule has 0 aromatic carbocycles. The van der Waals surface area contributed by atoms with E-state index in [0.717, 1.165) is 29.1 Å². The number of hydrogen-bond acceptors (Lipinski definition) is 5. The number of thiazole rings is 1. The molecule has 0 unspecified atom stereocenters. The third-order valence-corrected chi connectivity index (χ3v) is 5.65. The van der Waals surface area contributed by atoms with Crippen molar-refractivity contribution in [2.24, 2.45) is 0 Å². The van der Waals surface area contributed by atoms with E-state index in [-0.39, 0.29) is 17.9 Å². The van der Waals surface area contributed by atoms with Gasteiger partial charge in [0.15, 0.2) is 0 Å². The second-order valence-electron chi connectivity index (χ2n) is 5.57. The summed E-state index contributed by atoms with van der Waals surface area (Å²) in [5.74, 6) is -0.118. The molecule has 0 radical (unpaired) electrons. The first-order chi connectivity index (χ1) is 11.1. The Balaban J connectivity index is 1.65. The van der Waals surface area contributed by atoms with E-state index >= 15 is 0 Å². The lowest BCUT2D eigenvalue weighted by Crippen LogP contribution is -2.51. The van der Waals surface area contributed by atoms with Crippen LogP contribution < -0.4 is 5.32 Å². The summed E-state index contributed by atoms with van der Waals surface area (Å²) in [5.41, 5.74) is 0. The minimum Gasteiger partial charge on any atom is -0.348 e. The van der Waals surface area contributed by atoms with Gasteiger partial charge in [0.1, 0.15) is 11.0 Å². The molecule has 2 aromatic heterocycles. The molecular formula is C16H19N3O2S2. The summed E-state index contributed by atoms with van der Waals surface area (Å²) in [6.45, 7) is 3.06. The van der Waals surface area contributed by atoms with Crippen molar-refractivity contribution in [3.63, 3.8) is 0 Å². The van der Waals surface area contributed by atoms with E-state index in [1.165, 1.54) is 11.3 Å². The summed E-state index contributed by atoms with van der Waals surface area (Å²) < 4.78 is 0. The summed E-state index contributed by atoms with van der Waals surface area (Å²) in [6, 6.07) is 3.30. The van der Waals surface area contributed by atoms with Crippen LogP contribution in [0.3, 0.4) is 0 Å². The molecule has 0 bridgehead atoms. The van der Waals surface area contributed by atoms with E-state index in [1.807, 2.05) is 24.4 Å². The first-order valence-electron chi connectivity index (χ1n) is 7.68. The SMILES string of the molecule is Cc1cnc(CNC(=O)[C@@H]2CCCCN2C(=O)c2cccs2)s1. The van der Waals surface area contributed by atoms with Crippen molar-refractivity contribution in [3.8, 4) is 0 Å². The number of amides is 2. The number of hydrogen-bond donors (Lipinski definition) is 1. The van der Waals surface area contributed by atoms with Gasteiger partial charge in [0.05, 0.1) is 11.4 Å². The van der Waals surface area contributed by atoms with Crippen LogP contribution in [0.5, 0.6) is 0 Å². The lowest BCUT2D eigenvalue weighted by molar-refractivity contribution is -0.126. The van der Waals surface area contributed by atoms with Crippen LogP contribution in [-0.2, 0) is 11.3 Å². The number of nitrogens with one attached hydrogen (secondary N) is 1. The van der Waals surface area contributed by atoms with E-state index in [4.69, 9.17) is 0 Å². The number of carbonyl (C=O) groups excluding carboxylic acids is 2. The average molecular weight is 349 g/mol. The Labute approximate surface area is 143 Å². The van der Waals surface area contributed by atoms with Crippen LogP contribution in [-0.4, -0.2) is 34.3 Å². The first kappa shape index (κ1) is 16.1. The molecule has 3 rings (SSSR count). The van der Waals surface area contributed by atoms with Gasteiger partial charge in [0, 0.05) is 17.6 Å². The standard InChI is InChI=1S/C16H19N3O2S2/c1-11-9-17-14(23-11)10-18-15(20)12-5-2-3-7-19(12)16(21)13-6-4-8-22-13/h4,6,8-9,12H,2-3,5,7,10H2,1H3,(H,18,20)/t12-/m0/s1. The van der Waals surface area contributed by atoms with Gasteiger partial charge in [0.25, 0.3) is 5.91 Å². The van der Waals surface area contributed by atoms with Gasteiger partial charge >= 0.3 is 0 Å². The zero-order valence-electron chi connectivity index (χ0n) is 12.9. The molecule has 2 amide bonds. The van der Waals surface area contributed by atoms with Crippen LogP contribution in [0.2, 0.25) is 0 Å². The van der Waals surface area contributed by atoms with Crippen molar-refractivity contribution in [2.45, 2.75) is 38.8 Å². The van der Waals surface area contributed by atoms with Crippen molar-refractivity contribution in [1.82, 2.24) is 15.2 Å². The highest BCUT2D eigenvalue weighted by Crippen LogP contribution is 2.22.